The van der Waals surface area contributed by atoms with Crippen LogP contribution in [-0.2, 0) is 16.6 Å². The Kier molecular flexibility index (Phi) is 5.49. The molecule has 0 aliphatic carbocycles. The van der Waals surface area contributed by atoms with Gasteiger partial charge in [0.05, 0.1) is 18.7 Å². The van der Waals surface area contributed by atoms with Crippen LogP contribution in [0, 0.1) is 0 Å². The molecule has 30 heavy (non-hydrogen) atoms. The van der Waals surface area contributed by atoms with Crippen LogP contribution in [0.25, 0.3) is 0 Å². The molecule has 0 spiro atoms. The van der Waals surface area contributed by atoms with E-state index in [1.165, 1.54) is 18.9 Å². The highest BCUT2D eigenvalue weighted by molar-refractivity contribution is 7.99. The number of anilines is 2. The molecule has 3 heterocycles. The summed E-state index contributed by atoms with van der Waals surface area (Å²) in [6.07, 6.45) is 2.21. The fourth-order valence-electron chi connectivity index (χ4n) is 3.28. The van der Waals surface area contributed by atoms with E-state index in [-0.39, 0.29) is 24.2 Å². The smallest absolute Gasteiger partial charge is 0.225 e. The van der Waals surface area contributed by atoms with Gasteiger partial charge in [-0.2, -0.15) is 0 Å². The number of methoxy groups -OCH3 is 1. The van der Waals surface area contributed by atoms with Gasteiger partial charge in [0.25, 0.3) is 0 Å². The van der Waals surface area contributed by atoms with Crippen molar-refractivity contribution in [2.24, 2.45) is 7.05 Å². The number of hydrogen-bond donors (Lipinski definition) is 2. The normalized spacial score (nSPS) is 15.4. The number of ether oxygens (including phenoxy) is 1. The van der Waals surface area contributed by atoms with E-state index < -0.39 is 0 Å². The second kappa shape index (κ2) is 8.23. The van der Waals surface area contributed by atoms with Crippen LogP contribution < -0.4 is 15.4 Å². The van der Waals surface area contributed by atoms with E-state index >= 15 is 0 Å². The zero-order valence-electron chi connectivity index (χ0n) is 16.8. The second-order valence-electron chi connectivity index (χ2n) is 6.83. The zero-order valence-corrected chi connectivity index (χ0v) is 17.6. The van der Waals surface area contributed by atoms with Gasteiger partial charge in [-0.15, -0.1) is 10.2 Å². The predicted octanol–water partition coefficient (Wildman–Crippen LogP) is 3.39. The molecule has 9 nitrogen and oxygen atoms in total. The van der Waals surface area contributed by atoms with Gasteiger partial charge in [0, 0.05) is 31.6 Å². The first kappa shape index (κ1) is 20.0. The molecule has 0 saturated carbocycles. The number of aryl methyl sites for hydroxylation is 1. The Balaban J connectivity index is 1.69. The van der Waals surface area contributed by atoms with Crippen molar-refractivity contribution in [3.63, 3.8) is 0 Å². The van der Waals surface area contributed by atoms with Crippen LogP contribution in [0.5, 0.6) is 5.75 Å². The molecule has 4 rings (SSSR count). The Morgan fingerprint density at radius 3 is 2.97 bits per heavy atom. The minimum atomic E-state index is -0.286. The first-order chi connectivity index (χ1) is 14.5. The maximum absolute atomic E-state index is 12.3. The van der Waals surface area contributed by atoms with Crippen molar-refractivity contribution in [1.29, 1.82) is 0 Å². The summed E-state index contributed by atoms with van der Waals surface area (Å²) in [4.78, 5) is 24.3. The summed E-state index contributed by atoms with van der Waals surface area (Å²) in [6, 6.07) is 7.27. The summed E-state index contributed by atoms with van der Waals surface area (Å²) in [5.41, 5.74) is 2.05. The Labute approximate surface area is 177 Å². The molecule has 1 atom stereocenters. The summed E-state index contributed by atoms with van der Waals surface area (Å²) >= 11 is 1.35. The quantitative estimate of drug-likeness (QED) is 0.620. The maximum Gasteiger partial charge on any atom is 0.225 e. The van der Waals surface area contributed by atoms with Gasteiger partial charge >= 0.3 is 0 Å². The van der Waals surface area contributed by atoms with Gasteiger partial charge in [-0.25, -0.2) is 0 Å². The summed E-state index contributed by atoms with van der Waals surface area (Å²) < 4.78 is 13.2. The first-order valence-corrected chi connectivity index (χ1v) is 10.2. The van der Waals surface area contributed by atoms with Crippen LogP contribution >= 0.6 is 11.8 Å². The van der Waals surface area contributed by atoms with Crippen LogP contribution in [0.3, 0.4) is 0 Å². The lowest BCUT2D eigenvalue weighted by molar-refractivity contribution is -0.117. The van der Waals surface area contributed by atoms with Crippen molar-refractivity contribution in [3.8, 4) is 5.75 Å². The van der Waals surface area contributed by atoms with Crippen molar-refractivity contribution in [1.82, 2.24) is 14.8 Å². The third-order valence-electron chi connectivity index (χ3n) is 4.81. The minimum absolute atomic E-state index is 0.112. The lowest BCUT2D eigenvalue weighted by Gasteiger charge is -2.26. The average molecular weight is 427 g/mol. The molecule has 156 valence electrons. The standard InChI is InChI=1S/C20H21N5O4S/c1-4-17(26)23-14-7-11-12(8-18(27)22-13(11)9-16(14)28-3)15-5-6-19(29-15)30-20-24-21-10-25(20)2/h5-7,9-10,12H,4,8H2,1-3H3,(H,22,27)(H,23,26). The van der Waals surface area contributed by atoms with Gasteiger partial charge in [0.1, 0.15) is 17.8 Å². The summed E-state index contributed by atoms with van der Waals surface area (Å²) in [7, 11) is 3.38. The third kappa shape index (κ3) is 3.90. The first-order valence-electron chi connectivity index (χ1n) is 9.41. The second-order valence-corrected chi connectivity index (χ2v) is 7.80. The molecule has 1 aliphatic heterocycles. The van der Waals surface area contributed by atoms with Crippen molar-refractivity contribution < 1.29 is 18.7 Å². The fraction of sp³-hybridized carbons (Fsp3) is 0.300. The molecule has 1 unspecified atom stereocenters. The van der Waals surface area contributed by atoms with Crippen molar-refractivity contribution >= 4 is 35.0 Å². The average Bonchev–Trinajstić information content (AvgIpc) is 3.36. The molecule has 3 aromatic rings. The molecule has 0 saturated heterocycles. The number of aromatic nitrogens is 3. The number of furan rings is 1. The van der Waals surface area contributed by atoms with Gasteiger partial charge < -0.3 is 24.4 Å². The topological polar surface area (TPSA) is 111 Å². The third-order valence-corrected chi connectivity index (χ3v) is 5.79. The molecule has 10 heteroatoms. The summed E-state index contributed by atoms with van der Waals surface area (Å²) in [6.45, 7) is 1.78. The highest BCUT2D eigenvalue weighted by Gasteiger charge is 2.30. The van der Waals surface area contributed by atoms with Crippen molar-refractivity contribution in [2.75, 3.05) is 17.7 Å². The monoisotopic (exact) mass is 427 g/mol. The summed E-state index contributed by atoms with van der Waals surface area (Å²) in [5, 5.41) is 15.0. The van der Waals surface area contributed by atoms with Gasteiger partial charge in [0.15, 0.2) is 10.2 Å². The van der Waals surface area contributed by atoms with E-state index in [1.807, 2.05) is 25.2 Å². The molecular weight excluding hydrogens is 406 g/mol. The molecule has 1 aliphatic rings. The van der Waals surface area contributed by atoms with Crippen LogP contribution in [0.2, 0.25) is 0 Å². The van der Waals surface area contributed by atoms with Crippen LogP contribution in [-0.4, -0.2) is 33.7 Å². The molecule has 2 aromatic heterocycles. The van der Waals surface area contributed by atoms with Gasteiger partial charge in [-0.05, 0) is 35.5 Å². The molecule has 0 bridgehead atoms. The van der Waals surface area contributed by atoms with Gasteiger partial charge in [-0.3, -0.25) is 9.59 Å². The number of carbonyl (C=O) groups is 2. The Morgan fingerprint density at radius 1 is 1.43 bits per heavy atom. The Hall–Kier alpha value is -3.27. The van der Waals surface area contributed by atoms with E-state index in [1.54, 1.807) is 23.9 Å². The molecule has 2 amide bonds. The van der Waals surface area contributed by atoms with E-state index in [4.69, 9.17) is 9.15 Å². The van der Waals surface area contributed by atoms with Crippen LogP contribution in [0.15, 0.2) is 45.3 Å². The molecule has 2 N–H and O–H groups in total. The Bertz CT molecular complexity index is 1110. The van der Waals surface area contributed by atoms with Crippen molar-refractivity contribution in [3.05, 3.63) is 41.9 Å². The number of fused-ring (bicyclic) bond motifs is 1. The maximum atomic E-state index is 12.3. The number of nitrogens with zero attached hydrogens (tertiary/aromatic N) is 3. The zero-order chi connectivity index (χ0) is 21.3. The SMILES string of the molecule is CCC(=O)Nc1cc2c(cc1OC)NC(=O)CC2c1ccc(Sc2nncn2C)o1. The van der Waals surface area contributed by atoms with Crippen molar-refractivity contribution in [2.45, 2.75) is 35.9 Å². The number of benzene rings is 1. The number of rotatable bonds is 6. The molecule has 0 radical (unpaired) electrons. The van der Waals surface area contributed by atoms with Crippen LogP contribution in [0.1, 0.15) is 37.0 Å². The number of carbonyl (C=O) groups excluding carboxylic acids is 2. The lowest BCUT2D eigenvalue weighted by Crippen LogP contribution is -2.24. The number of hydrogen-bond acceptors (Lipinski definition) is 7. The van der Waals surface area contributed by atoms with Gasteiger partial charge in [-0.1, -0.05) is 6.92 Å². The summed E-state index contributed by atoms with van der Waals surface area (Å²) in [5.74, 6) is 0.623. The van der Waals surface area contributed by atoms with E-state index in [0.29, 0.717) is 39.6 Å². The van der Waals surface area contributed by atoms with E-state index in [2.05, 4.69) is 20.8 Å². The largest absolute Gasteiger partial charge is 0.494 e. The predicted molar refractivity (Wildman–Crippen MR) is 111 cm³/mol. The number of amides is 2. The highest BCUT2D eigenvalue weighted by Crippen LogP contribution is 2.43. The van der Waals surface area contributed by atoms with E-state index in [0.717, 1.165) is 5.56 Å². The number of nitrogens with one attached hydrogen (secondary N) is 2. The highest BCUT2D eigenvalue weighted by atomic mass is 32.2. The molecular formula is C20H21N5O4S. The van der Waals surface area contributed by atoms with Gasteiger partial charge in [0.2, 0.25) is 11.8 Å². The molecule has 1 aromatic carbocycles. The Morgan fingerprint density at radius 2 is 2.27 bits per heavy atom. The van der Waals surface area contributed by atoms with E-state index in [9.17, 15) is 9.59 Å². The minimum Gasteiger partial charge on any atom is -0.494 e. The lowest BCUT2D eigenvalue weighted by atomic mass is 9.88. The van der Waals surface area contributed by atoms with Crippen LogP contribution in [0.4, 0.5) is 11.4 Å². The molecule has 0 fully saturated rings. The fourth-order valence-corrected chi connectivity index (χ4v) is 4.01.